The van der Waals surface area contributed by atoms with Crippen LogP contribution < -0.4 is 11.1 Å². The Kier molecular flexibility index (Phi) is 4.66. The number of hydrogen-bond donors (Lipinski definition) is 2. The van der Waals surface area contributed by atoms with Crippen LogP contribution in [0.5, 0.6) is 0 Å². The fourth-order valence-corrected chi connectivity index (χ4v) is 4.12. The molecule has 0 unspecified atom stereocenters. The Hall–Kier alpha value is -4.13. The number of aromatic nitrogens is 4. The van der Waals surface area contributed by atoms with Crippen LogP contribution in [0.15, 0.2) is 67.0 Å². The second-order valence-corrected chi connectivity index (χ2v) is 8.19. The Bertz CT molecular complexity index is 1480. The molecular weight excluding hydrogens is 400 g/mol. The predicted molar refractivity (Wildman–Crippen MR) is 126 cm³/mol. The molecule has 0 aliphatic heterocycles. The van der Waals surface area contributed by atoms with Gasteiger partial charge in [-0.25, -0.2) is 4.52 Å². The molecule has 0 aliphatic carbocycles. The van der Waals surface area contributed by atoms with Crippen LogP contribution in [0.25, 0.3) is 27.7 Å². The van der Waals surface area contributed by atoms with Gasteiger partial charge in [-0.15, -0.1) is 5.10 Å². The van der Waals surface area contributed by atoms with Crippen LogP contribution in [0, 0.1) is 6.92 Å². The molecule has 0 bridgehead atoms. The van der Waals surface area contributed by atoms with Crippen molar-refractivity contribution in [2.24, 2.45) is 7.05 Å². The van der Waals surface area contributed by atoms with E-state index in [0.717, 1.165) is 27.6 Å². The summed E-state index contributed by atoms with van der Waals surface area (Å²) in [6, 6.07) is 18.1. The van der Waals surface area contributed by atoms with Gasteiger partial charge >= 0.3 is 0 Å². The van der Waals surface area contributed by atoms with E-state index in [-0.39, 0.29) is 17.9 Å². The van der Waals surface area contributed by atoms with Gasteiger partial charge in [0.05, 0.1) is 11.6 Å². The first-order valence-electron chi connectivity index (χ1n) is 10.5. The van der Waals surface area contributed by atoms with E-state index in [1.54, 1.807) is 4.52 Å². The highest BCUT2D eigenvalue weighted by Gasteiger charge is 2.17. The second-order valence-electron chi connectivity index (χ2n) is 8.19. The van der Waals surface area contributed by atoms with Gasteiger partial charge in [-0.2, -0.15) is 4.98 Å². The first-order valence-corrected chi connectivity index (χ1v) is 10.5. The summed E-state index contributed by atoms with van der Waals surface area (Å²) in [7, 11) is 1.95. The lowest BCUT2D eigenvalue weighted by molar-refractivity contribution is 0.0941. The molecule has 1 amide bonds. The minimum Gasteiger partial charge on any atom is -0.366 e. The third-order valence-corrected chi connectivity index (χ3v) is 5.80. The number of nitrogens with two attached hydrogens (primary N) is 1. The largest absolute Gasteiger partial charge is 0.366 e. The molecule has 5 rings (SSSR count). The van der Waals surface area contributed by atoms with Crippen molar-refractivity contribution in [2.75, 3.05) is 5.73 Å². The van der Waals surface area contributed by atoms with Crippen molar-refractivity contribution in [1.29, 1.82) is 0 Å². The van der Waals surface area contributed by atoms with Crippen LogP contribution in [0.2, 0.25) is 0 Å². The average molecular weight is 425 g/mol. The van der Waals surface area contributed by atoms with Gasteiger partial charge in [0.25, 0.3) is 5.91 Å². The first kappa shape index (κ1) is 19.8. The molecule has 0 fully saturated rings. The molecular formula is C25H24N6O. The van der Waals surface area contributed by atoms with Crippen molar-refractivity contribution in [3.63, 3.8) is 0 Å². The topological polar surface area (TPSA) is 90.2 Å². The van der Waals surface area contributed by atoms with Gasteiger partial charge in [-0.05, 0) is 49.2 Å². The molecule has 3 heterocycles. The maximum Gasteiger partial charge on any atom is 0.253 e. The Labute approximate surface area is 185 Å². The second kappa shape index (κ2) is 7.53. The smallest absolute Gasteiger partial charge is 0.253 e. The summed E-state index contributed by atoms with van der Waals surface area (Å²) in [6.45, 7) is 4.05. The number of hydrogen-bond acceptors (Lipinski definition) is 4. The number of nitrogen functional groups attached to an aromatic ring is 1. The van der Waals surface area contributed by atoms with E-state index in [0.29, 0.717) is 11.2 Å². The molecule has 160 valence electrons. The van der Waals surface area contributed by atoms with Crippen LogP contribution in [0.4, 0.5) is 5.95 Å². The van der Waals surface area contributed by atoms with E-state index in [2.05, 4.69) is 34.5 Å². The minimum atomic E-state index is -0.0963. The lowest BCUT2D eigenvalue weighted by atomic mass is 10.0. The van der Waals surface area contributed by atoms with Gasteiger partial charge in [0.2, 0.25) is 5.95 Å². The van der Waals surface area contributed by atoms with Crippen LogP contribution in [0.1, 0.15) is 34.5 Å². The number of anilines is 1. The molecule has 7 nitrogen and oxygen atoms in total. The zero-order valence-electron chi connectivity index (χ0n) is 18.2. The molecule has 1 atom stereocenters. The maximum absolute atomic E-state index is 13.2. The van der Waals surface area contributed by atoms with Gasteiger partial charge in [-0.3, -0.25) is 4.79 Å². The van der Waals surface area contributed by atoms with E-state index in [1.807, 2.05) is 73.4 Å². The lowest BCUT2D eigenvalue weighted by Gasteiger charge is -2.14. The molecule has 0 spiro atoms. The van der Waals surface area contributed by atoms with Gasteiger partial charge in [0.1, 0.15) is 0 Å². The van der Waals surface area contributed by atoms with E-state index in [9.17, 15) is 4.79 Å². The van der Waals surface area contributed by atoms with Gasteiger partial charge in [0.15, 0.2) is 5.65 Å². The Morgan fingerprint density at radius 2 is 1.88 bits per heavy atom. The third-order valence-electron chi connectivity index (χ3n) is 5.80. The number of amides is 1. The highest BCUT2D eigenvalue weighted by atomic mass is 16.1. The summed E-state index contributed by atoms with van der Waals surface area (Å²) in [6.07, 6.45) is 3.77. The van der Waals surface area contributed by atoms with Crippen molar-refractivity contribution < 1.29 is 4.79 Å². The number of nitrogens with zero attached hydrogens (tertiary/aromatic N) is 4. The van der Waals surface area contributed by atoms with Crippen molar-refractivity contribution >= 4 is 28.4 Å². The van der Waals surface area contributed by atoms with Crippen molar-refractivity contribution in [3.8, 4) is 11.1 Å². The highest BCUT2D eigenvalue weighted by molar-refractivity contribution is 6.08. The molecule has 3 aromatic heterocycles. The number of pyridine rings is 1. The van der Waals surface area contributed by atoms with Crippen LogP contribution in [0.3, 0.4) is 0 Å². The Morgan fingerprint density at radius 1 is 1.06 bits per heavy atom. The first-order chi connectivity index (χ1) is 15.4. The molecule has 7 heteroatoms. The predicted octanol–water partition coefficient (Wildman–Crippen LogP) is 4.27. The summed E-state index contributed by atoms with van der Waals surface area (Å²) in [5.41, 5.74) is 12.2. The Morgan fingerprint density at radius 3 is 2.69 bits per heavy atom. The molecule has 0 radical (unpaired) electrons. The highest BCUT2D eigenvalue weighted by Crippen LogP contribution is 2.28. The van der Waals surface area contributed by atoms with Crippen LogP contribution in [-0.4, -0.2) is 25.1 Å². The van der Waals surface area contributed by atoms with E-state index in [4.69, 9.17) is 5.73 Å². The quantitative estimate of drug-likeness (QED) is 0.451. The minimum absolute atomic E-state index is 0.0961. The van der Waals surface area contributed by atoms with Crippen molar-refractivity contribution in [1.82, 2.24) is 24.5 Å². The van der Waals surface area contributed by atoms with Gasteiger partial charge in [-0.1, -0.05) is 35.9 Å². The van der Waals surface area contributed by atoms with E-state index >= 15 is 0 Å². The summed E-state index contributed by atoms with van der Waals surface area (Å²) < 4.78 is 3.64. The van der Waals surface area contributed by atoms with Gasteiger partial charge < -0.3 is 15.6 Å². The normalized spacial score (nSPS) is 12.3. The van der Waals surface area contributed by atoms with Crippen molar-refractivity contribution in [3.05, 3.63) is 83.7 Å². The number of carbonyl (C=O) groups is 1. The summed E-state index contributed by atoms with van der Waals surface area (Å²) in [5.74, 6) is 0.142. The van der Waals surface area contributed by atoms with Crippen LogP contribution in [-0.2, 0) is 7.05 Å². The standard InChI is InChI=1S/C25H24N6O/c1-15-5-4-6-17(11-15)16(2)27-24(32)21-14-30(3)22-9-7-18(12-20(21)22)19-8-10-23-28-25(26)29-31(23)13-19/h4-14,16H,1-3H3,(H2,26,29)(H,27,32)/t16-/m0/s1. The number of aryl methyl sites for hydroxylation is 2. The fourth-order valence-electron chi connectivity index (χ4n) is 4.12. The van der Waals surface area contributed by atoms with Crippen LogP contribution >= 0.6 is 0 Å². The summed E-state index contributed by atoms with van der Waals surface area (Å²) in [4.78, 5) is 17.4. The summed E-state index contributed by atoms with van der Waals surface area (Å²) in [5, 5.41) is 8.24. The van der Waals surface area contributed by atoms with E-state index < -0.39 is 0 Å². The molecule has 0 saturated heterocycles. The summed E-state index contributed by atoms with van der Waals surface area (Å²) >= 11 is 0. The molecule has 0 aliphatic rings. The molecule has 5 aromatic rings. The Balaban J connectivity index is 1.51. The third kappa shape index (κ3) is 3.47. The fraction of sp³-hybridized carbons (Fsp3) is 0.160. The monoisotopic (exact) mass is 424 g/mol. The van der Waals surface area contributed by atoms with E-state index in [1.165, 1.54) is 5.56 Å². The number of benzene rings is 2. The molecule has 3 N–H and O–H groups in total. The zero-order chi connectivity index (χ0) is 22.4. The SMILES string of the molecule is Cc1cccc([C@H](C)NC(=O)c2cn(C)c3ccc(-c4ccc5nc(N)nn5c4)cc23)c1. The molecule has 2 aromatic carbocycles. The van der Waals surface area contributed by atoms with Crippen molar-refractivity contribution in [2.45, 2.75) is 19.9 Å². The number of nitrogens with one attached hydrogen (secondary N) is 1. The molecule has 0 saturated carbocycles. The number of carbonyl (C=O) groups excluding carboxylic acids is 1. The lowest BCUT2D eigenvalue weighted by Crippen LogP contribution is -2.26. The van der Waals surface area contributed by atoms with Gasteiger partial charge in [0, 0.05) is 35.9 Å². The maximum atomic E-state index is 13.2. The number of fused-ring (bicyclic) bond motifs is 2. The number of rotatable bonds is 4. The molecule has 32 heavy (non-hydrogen) atoms. The zero-order valence-corrected chi connectivity index (χ0v) is 18.2. The average Bonchev–Trinajstić information content (AvgIpc) is 3.31.